The predicted molar refractivity (Wildman–Crippen MR) is 66.0 cm³/mol. The second-order valence-corrected chi connectivity index (χ2v) is 6.06. The van der Waals surface area contributed by atoms with E-state index in [4.69, 9.17) is 0 Å². The Morgan fingerprint density at radius 2 is 2.31 bits per heavy atom. The van der Waals surface area contributed by atoms with Crippen LogP contribution in [0.4, 0.5) is 0 Å². The standard InChI is InChI=1S/C9H16BrN3O2S/c1-3-8(4-5-10)12-16(14,15)9-6-11-13(2)7-9/h6-8,12H,3-5H2,1-2H3. The van der Waals surface area contributed by atoms with Crippen molar-refractivity contribution < 1.29 is 8.42 Å². The van der Waals surface area contributed by atoms with Gasteiger partial charge in [0.25, 0.3) is 0 Å². The van der Waals surface area contributed by atoms with E-state index in [9.17, 15) is 8.42 Å². The molecule has 16 heavy (non-hydrogen) atoms. The molecule has 1 atom stereocenters. The number of sulfonamides is 1. The van der Waals surface area contributed by atoms with E-state index < -0.39 is 10.0 Å². The van der Waals surface area contributed by atoms with Gasteiger partial charge in [-0.2, -0.15) is 5.10 Å². The molecule has 5 nitrogen and oxygen atoms in total. The fraction of sp³-hybridized carbons (Fsp3) is 0.667. The predicted octanol–water partition coefficient (Wildman–Crippen LogP) is 1.26. The molecule has 0 bridgehead atoms. The van der Waals surface area contributed by atoms with Crippen LogP contribution in [0.25, 0.3) is 0 Å². The van der Waals surface area contributed by atoms with Gasteiger partial charge in [0.1, 0.15) is 4.90 Å². The number of nitrogens with one attached hydrogen (secondary N) is 1. The zero-order valence-corrected chi connectivity index (χ0v) is 11.8. The fourth-order valence-corrected chi connectivity index (χ4v) is 3.19. The number of alkyl halides is 1. The minimum atomic E-state index is -3.43. The lowest BCUT2D eigenvalue weighted by atomic mass is 10.2. The average molecular weight is 310 g/mol. The first-order chi connectivity index (χ1) is 7.49. The largest absolute Gasteiger partial charge is 0.274 e. The summed E-state index contributed by atoms with van der Waals surface area (Å²) in [6.45, 7) is 1.96. The molecule has 1 aromatic heterocycles. The van der Waals surface area contributed by atoms with Crippen LogP contribution < -0.4 is 4.72 Å². The molecule has 7 heteroatoms. The van der Waals surface area contributed by atoms with Crippen LogP contribution in [0.1, 0.15) is 19.8 Å². The van der Waals surface area contributed by atoms with Crippen LogP contribution in [0, 0.1) is 0 Å². The van der Waals surface area contributed by atoms with Gasteiger partial charge in [0.2, 0.25) is 10.0 Å². The first-order valence-electron chi connectivity index (χ1n) is 5.06. The summed E-state index contributed by atoms with van der Waals surface area (Å²) in [4.78, 5) is 0.211. The van der Waals surface area contributed by atoms with E-state index in [0.717, 1.165) is 18.2 Å². The van der Waals surface area contributed by atoms with Crippen LogP contribution in [-0.4, -0.2) is 29.6 Å². The van der Waals surface area contributed by atoms with Gasteiger partial charge in [0, 0.05) is 24.6 Å². The highest BCUT2D eigenvalue weighted by Gasteiger charge is 2.19. The third-order valence-electron chi connectivity index (χ3n) is 2.26. The van der Waals surface area contributed by atoms with Crippen molar-refractivity contribution in [2.75, 3.05) is 5.33 Å². The zero-order chi connectivity index (χ0) is 12.2. The molecule has 92 valence electrons. The molecule has 1 unspecified atom stereocenters. The van der Waals surface area contributed by atoms with Crippen molar-refractivity contribution in [1.29, 1.82) is 0 Å². The molecule has 1 rings (SSSR count). The minimum absolute atomic E-state index is 0.0374. The van der Waals surface area contributed by atoms with Crippen LogP contribution in [0.2, 0.25) is 0 Å². The van der Waals surface area contributed by atoms with Crippen LogP contribution in [-0.2, 0) is 17.1 Å². The Balaban J connectivity index is 2.78. The Hall–Kier alpha value is -0.400. The van der Waals surface area contributed by atoms with Gasteiger partial charge in [-0.1, -0.05) is 22.9 Å². The lowest BCUT2D eigenvalue weighted by Gasteiger charge is -2.14. The summed E-state index contributed by atoms with van der Waals surface area (Å²) in [7, 11) is -1.74. The Morgan fingerprint density at radius 1 is 1.62 bits per heavy atom. The second-order valence-electron chi connectivity index (χ2n) is 3.55. The highest BCUT2D eigenvalue weighted by Crippen LogP contribution is 2.10. The molecular formula is C9H16BrN3O2S. The van der Waals surface area contributed by atoms with Gasteiger partial charge in [-0.25, -0.2) is 13.1 Å². The Kier molecular flexibility index (Phi) is 4.94. The first-order valence-corrected chi connectivity index (χ1v) is 7.67. The summed E-state index contributed by atoms with van der Waals surface area (Å²) in [5.41, 5.74) is 0. The molecule has 0 fully saturated rings. The number of aromatic nitrogens is 2. The van der Waals surface area contributed by atoms with Crippen molar-refractivity contribution in [2.24, 2.45) is 7.05 Å². The summed E-state index contributed by atoms with van der Waals surface area (Å²) >= 11 is 3.31. The maximum Gasteiger partial charge on any atom is 0.243 e. The topological polar surface area (TPSA) is 64.0 Å². The third-order valence-corrected chi connectivity index (χ3v) is 4.20. The Bertz CT molecular complexity index is 430. The molecule has 1 N–H and O–H groups in total. The van der Waals surface area contributed by atoms with Crippen LogP contribution in [0.5, 0.6) is 0 Å². The summed E-state index contributed by atoms with van der Waals surface area (Å²) in [6, 6.07) is -0.0374. The van der Waals surface area contributed by atoms with Crippen molar-refractivity contribution in [3.05, 3.63) is 12.4 Å². The van der Waals surface area contributed by atoms with E-state index in [1.807, 2.05) is 6.92 Å². The summed E-state index contributed by atoms with van der Waals surface area (Å²) in [5, 5.41) is 4.63. The van der Waals surface area contributed by atoms with Crippen LogP contribution in [0.15, 0.2) is 17.3 Å². The van der Waals surface area contributed by atoms with Crippen molar-refractivity contribution in [2.45, 2.75) is 30.7 Å². The molecule has 1 aromatic rings. The molecule has 0 radical (unpaired) electrons. The van der Waals surface area contributed by atoms with Crippen molar-refractivity contribution in [1.82, 2.24) is 14.5 Å². The van der Waals surface area contributed by atoms with Gasteiger partial charge >= 0.3 is 0 Å². The van der Waals surface area contributed by atoms with E-state index in [0.29, 0.717) is 0 Å². The van der Waals surface area contributed by atoms with Gasteiger partial charge in [0.15, 0.2) is 0 Å². The molecule has 1 heterocycles. The number of aryl methyl sites for hydroxylation is 1. The first kappa shape index (κ1) is 13.7. The molecule has 0 aromatic carbocycles. The number of nitrogens with zero attached hydrogens (tertiary/aromatic N) is 2. The SMILES string of the molecule is CCC(CCBr)NS(=O)(=O)c1cnn(C)c1. The number of halogens is 1. The molecular weight excluding hydrogens is 294 g/mol. The number of hydrogen-bond donors (Lipinski definition) is 1. The van der Waals surface area contributed by atoms with Crippen molar-refractivity contribution in [3.63, 3.8) is 0 Å². The van der Waals surface area contributed by atoms with Gasteiger partial charge in [-0.05, 0) is 12.8 Å². The molecule has 0 amide bonds. The van der Waals surface area contributed by atoms with E-state index in [1.54, 1.807) is 7.05 Å². The Morgan fingerprint density at radius 3 is 2.75 bits per heavy atom. The van der Waals surface area contributed by atoms with Gasteiger partial charge in [-0.15, -0.1) is 0 Å². The van der Waals surface area contributed by atoms with E-state index in [2.05, 4.69) is 25.8 Å². The average Bonchev–Trinajstić information content (AvgIpc) is 2.64. The molecule has 0 aliphatic heterocycles. The zero-order valence-electron chi connectivity index (χ0n) is 9.35. The maximum absolute atomic E-state index is 11.9. The van der Waals surface area contributed by atoms with Crippen LogP contribution in [0.3, 0.4) is 0 Å². The number of hydrogen-bond acceptors (Lipinski definition) is 3. The van der Waals surface area contributed by atoms with Crippen molar-refractivity contribution >= 4 is 26.0 Å². The highest BCUT2D eigenvalue weighted by atomic mass is 79.9. The van der Waals surface area contributed by atoms with E-state index >= 15 is 0 Å². The van der Waals surface area contributed by atoms with E-state index in [-0.39, 0.29) is 10.9 Å². The fourth-order valence-electron chi connectivity index (χ4n) is 1.30. The minimum Gasteiger partial charge on any atom is -0.274 e. The summed E-state index contributed by atoms with van der Waals surface area (Å²) in [6.07, 6.45) is 4.38. The molecule has 0 saturated carbocycles. The van der Waals surface area contributed by atoms with Crippen LogP contribution >= 0.6 is 15.9 Å². The second kappa shape index (κ2) is 5.79. The number of rotatable bonds is 6. The quantitative estimate of drug-likeness (QED) is 0.805. The molecule has 0 saturated heterocycles. The maximum atomic E-state index is 11.9. The highest BCUT2D eigenvalue weighted by molar-refractivity contribution is 9.09. The third kappa shape index (κ3) is 3.57. The summed E-state index contributed by atoms with van der Waals surface area (Å²) in [5.74, 6) is 0. The molecule has 0 aliphatic rings. The summed E-state index contributed by atoms with van der Waals surface area (Å²) < 4.78 is 28.0. The van der Waals surface area contributed by atoms with Gasteiger partial charge in [-0.3, -0.25) is 4.68 Å². The van der Waals surface area contributed by atoms with E-state index in [1.165, 1.54) is 17.1 Å². The normalized spacial score (nSPS) is 13.9. The molecule has 0 aliphatic carbocycles. The lowest BCUT2D eigenvalue weighted by Crippen LogP contribution is -2.34. The van der Waals surface area contributed by atoms with Gasteiger partial charge < -0.3 is 0 Å². The van der Waals surface area contributed by atoms with Gasteiger partial charge in [0.05, 0.1) is 6.20 Å². The lowest BCUT2D eigenvalue weighted by molar-refractivity contribution is 0.533. The smallest absolute Gasteiger partial charge is 0.243 e. The molecule has 0 spiro atoms. The monoisotopic (exact) mass is 309 g/mol. The van der Waals surface area contributed by atoms with Crippen molar-refractivity contribution in [3.8, 4) is 0 Å². The Labute approximate surface area is 104 Å².